The molecule has 0 aliphatic carbocycles. The van der Waals surface area contributed by atoms with E-state index in [1.165, 1.54) is 6.33 Å². The zero-order valence-corrected chi connectivity index (χ0v) is 20.7. The molecule has 0 radical (unpaired) electrons. The minimum atomic E-state index is -0.222. The van der Waals surface area contributed by atoms with Crippen LogP contribution in [-0.2, 0) is 6.42 Å². The molecule has 5 rings (SSSR count). The predicted molar refractivity (Wildman–Crippen MR) is 146 cm³/mol. The SMILES string of the molecule is Cc1cccnc1C#Cc1c(N)ncnc1NCCc1nc2cccc(Cl)c2c(=O)n1-c1ccccc1. The number of aromatic nitrogens is 5. The lowest BCUT2D eigenvalue weighted by molar-refractivity contribution is 0.809. The zero-order valence-electron chi connectivity index (χ0n) is 19.9. The first-order valence-electron chi connectivity index (χ1n) is 11.6. The van der Waals surface area contributed by atoms with Gasteiger partial charge in [-0.1, -0.05) is 47.9 Å². The maximum Gasteiger partial charge on any atom is 0.267 e. The standard InChI is InChI=1S/C28H22ClN7O/c1-18-7-6-15-31-22(18)13-12-20-26(30)33-17-34-27(20)32-16-14-24-35-23-11-5-10-21(29)25(23)28(37)36(24)19-8-3-2-4-9-19/h2-11,15,17H,14,16H2,1H3,(H3,30,32,33,34). The summed E-state index contributed by atoms with van der Waals surface area (Å²) < 4.78 is 1.59. The van der Waals surface area contributed by atoms with E-state index in [4.69, 9.17) is 22.3 Å². The molecule has 37 heavy (non-hydrogen) atoms. The summed E-state index contributed by atoms with van der Waals surface area (Å²) in [5.41, 5.74) is 9.24. The van der Waals surface area contributed by atoms with Crippen molar-refractivity contribution < 1.29 is 0 Å². The Morgan fingerprint density at radius 2 is 1.84 bits per heavy atom. The normalized spacial score (nSPS) is 10.6. The predicted octanol–water partition coefficient (Wildman–Crippen LogP) is 4.17. The van der Waals surface area contributed by atoms with Gasteiger partial charge >= 0.3 is 0 Å². The fourth-order valence-electron chi connectivity index (χ4n) is 3.93. The number of nitrogen functional groups attached to an aromatic ring is 1. The third-order valence-electron chi connectivity index (χ3n) is 5.76. The summed E-state index contributed by atoms with van der Waals surface area (Å²) in [5, 5.41) is 4.03. The molecular formula is C28H22ClN7O. The van der Waals surface area contributed by atoms with Crippen molar-refractivity contribution in [3.05, 3.63) is 111 Å². The maximum atomic E-state index is 13.5. The van der Waals surface area contributed by atoms with Crippen LogP contribution in [0.4, 0.5) is 11.6 Å². The van der Waals surface area contributed by atoms with E-state index in [9.17, 15) is 4.79 Å². The van der Waals surface area contributed by atoms with Gasteiger partial charge in [-0.15, -0.1) is 0 Å². The Morgan fingerprint density at radius 1 is 1.00 bits per heavy atom. The van der Waals surface area contributed by atoms with Crippen molar-refractivity contribution in [1.29, 1.82) is 0 Å². The molecule has 0 bridgehead atoms. The molecule has 0 saturated carbocycles. The number of aryl methyl sites for hydroxylation is 1. The Kier molecular flexibility index (Phi) is 6.79. The monoisotopic (exact) mass is 507 g/mol. The highest BCUT2D eigenvalue weighted by molar-refractivity contribution is 6.35. The van der Waals surface area contributed by atoms with E-state index in [0.29, 0.717) is 57.5 Å². The largest absolute Gasteiger partial charge is 0.382 e. The summed E-state index contributed by atoms with van der Waals surface area (Å²) in [7, 11) is 0. The number of halogens is 1. The molecule has 2 aromatic carbocycles. The lowest BCUT2D eigenvalue weighted by Gasteiger charge is -2.15. The molecule has 0 spiro atoms. The van der Waals surface area contributed by atoms with Crippen LogP contribution in [0.5, 0.6) is 0 Å². The molecule has 3 N–H and O–H groups in total. The van der Waals surface area contributed by atoms with Crippen LogP contribution in [-0.4, -0.2) is 31.0 Å². The summed E-state index contributed by atoms with van der Waals surface area (Å²) in [5.74, 6) is 7.44. The number of hydrogen-bond acceptors (Lipinski definition) is 7. The van der Waals surface area contributed by atoms with Gasteiger partial charge in [0.25, 0.3) is 5.56 Å². The summed E-state index contributed by atoms with van der Waals surface area (Å²) in [6.07, 6.45) is 3.49. The van der Waals surface area contributed by atoms with E-state index in [2.05, 4.69) is 32.1 Å². The molecule has 0 atom stereocenters. The molecule has 9 heteroatoms. The lowest BCUT2D eigenvalue weighted by Crippen LogP contribution is -2.25. The number of nitrogens with one attached hydrogen (secondary N) is 1. The zero-order chi connectivity index (χ0) is 25.8. The van der Waals surface area contributed by atoms with Crippen LogP contribution in [0, 0.1) is 18.8 Å². The summed E-state index contributed by atoms with van der Waals surface area (Å²) in [6.45, 7) is 2.36. The molecule has 0 saturated heterocycles. The van der Waals surface area contributed by atoms with E-state index >= 15 is 0 Å². The van der Waals surface area contributed by atoms with Gasteiger partial charge in [-0.05, 0) is 48.7 Å². The minimum absolute atomic E-state index is 0.222. The second-order valence-electron chi connectivity index (χ2n) is 8.22. The molecule has 0 aliphatic heterocycles. The van der Waals surface area contributed by atoms with Gasteiger partial charge in [0.15, 0.2) is 0 Å². The molecule has 0 amide bonds. The number of hydrogen-bond donors (Lipinski definition) is 2. The number of para-hydroxylation sites is 1. The Hall–Kier alpha value is -4.74. The van der Waals surface area contributed by atoms with Crippen LogP contribution in [0.25, 0.3) is 16.6 Å². The highest BCUT2D eigenvalue weighted by Gasteiger charge is 2.15. The number of anilines is 2. The third kappa shape index (κ3) is 4.99. The topological polar surface area (TPSA) is 112 Å². The highest BCUT2D eigenvalue weighted by Crippen LogP contribution is 2.21. The highest BCUT2D eigenvalue weighted by atomic mass is 35.5. The first-order valence-corrected chi connectivity index (χ1v) is 11.9. The van der Waals surface area contributed by atoms with Crippen molar-refractivity contribution in [2.45, 2.75) is 13.3 Å². The first-order chi connectivity index (χ1) is 18.0. The van der Waals surface area contributed by atoms with Gasteiger partial charge < -0.3 is 11.1 Å². The fraction of sp³-hybridized carbons (Fsp3) is 0.107. The molecule has 8 nitrogen and oxygen atoms in total. The second kappa shape index (κ2) is 10.5. The average Bonchev–Trinajstić information content (AvgIpc) is 2.90. The Labute approximate surface area is 218 Å². The Balaban J connectivity index is 1.47. The molecule has 3 heterocycles. The minimum Gasteiger partial charge on any atom is -0.382 e. The lowest BCUT2D eigenvalue weighted by atomic mass is 10.2. The van der Waals surface area contributed by atoms with Crippen molar-refractivity contribution in [2.75, 3.05) is 17.6 Å². The van der Waals surface area contributed by atoms with Crippen molar-refractivity contribution >= 4 is 34.1 Å². The van der Waals surface area contributed by atoms with Crippen LogP contribution < -0.4 is 16.6 Å². The van der Waals surface area contributed by atoms with E-state index in [-0.39, 0.29) is 11.4 Å². The van der Waals surface area contributed by atoms with Gasteiger partial charge in [-0.3, -0.25) is 9.36 Å². The van der Waals surface area contributed by atoms with E-state index < -0.39 is 0 Å². The summed E-state index contributed by atoms with van der Waals surface area (Å²) >= 11 is 6.37. The molecule has 0 aliphatic rings. The maximum absolute atomic E-state index is 13.5. The number of fused-ring (bicyclic) bond motifs is 1. The number of nitrogens with zero attached hydrogens (tertiary/aromatic N) is 5. The van der Waals surface area contributed by atoms with Gasteiger partial charge in [0.1, 0.15) is 35.0 Å². The molecule has 3 aromatic heterocycles. The number of rotatable bonds is 5. The average molecular weight is 508 g/mol. The third-order valence-corrected chi connectivity index (χ3v) is 6.08. The quantitative estimate of drug-likeness (QED) is 0.343. The van der Waals surface area contributed by atoms with Crippen molar-refractivity contribution in [2.24, 2.45) is 0 Å². The number of pyridine rings is 1. The van der Waals surface area contributed by atoms with Crippen LogP contribution in [0.3, 0.4) is 0 Å². The van der Waals surface area contributed by atoms with Crippen LogP contribution in [0.1, 0.15) is 22.6 Å². The molecular weight excluding hydrogens is 486 g/mol. The smallest absolute Gasteiger partial charge is 0.267 e. The molecule has 0 unspecified atom stereocenters. The van der Waals surface area contributed by atoms with Gasteiger partial charge in [-0.25, -0.2) is 19.9 Å². The molecule has 182 valence electrons. The fourth-order valence-corrected chi connectivity index (χ4v) is 4.18. The van der Waals surface area contributed by atoms with E-state index in [0.717, 1.165) is 5.56 Å². The van der Waals surface area contributed by atoms with Crippen LogP contribution in [0.15, 0.2) is 78.0 Å². The van der Waals surface area contributed by atoms with Crippen molar-refractivity contribution in [3.63, 3.8) is 0 Å². The van der Waals surface area contributed by atoms with Crippen LogP contribution >= 0.6 is 11.6 Å². The molecule has 0 fully saturated rings. The second-order valence-corrected chi connectivity index (χ2v) is 8.62. The van der Waals surface area contributed by atoms with E-state index in [1.807, 2.05) is 49.4 Å². The van der Waals surface area contributed by atoms with Crippen molar-refractivity contribution in [1.82, 2.24) is 24.5 Å². The molecule has 5 aromatic rings. The summed E-state index contributed by atoms with van der Waals surface area (Å²) in [4.78, 5) is 31.0. The number of nitrogens with two attached hydrogens (primary N) is 1. The Bertz CT molecular complexity index is 1720. The first kappa shape index (κ1) is 24.0. The Morgan fingerprint density at radius 3 is 2.65 bits per heavy atom. The number of benzene rings is 2. The van der Waals surface area contributed by atoms with Gasteiger partial charge in [0.05, 0.1) is 21.6 Å². The summed E-state index contributed by atoms with van der Waals surface area (Å²) in [6, 6.07) is 18.4. The van der Waals surface area contributed by atoms with Crippen LogP contribution in [0.2, 0.25) is 5.02 Å². The van der Waals surface area contributed by atoms with E-state index in [1.54, 1.807) is 29.0 Å². The van der Waals surface area contributed by atoms with Gasteiger partial charge in [-0.2, -0.15) is 0 Å². The van der Waals surface area contributed by atoms with Gasteiger partial charge in [0.2, 0.25) is 0 Å². The van der Waals surface area contributed by atoms with Gasteiger partial charge in [0, 0.05) is 19.2 Å². The van der Waals surface area contributed by atoms with Crippen molar-refractivity contribution in [3.8, 4) is 17.5 Å².